The van der Waals surface area contributed by atoms with Gasteiger partial charge in [0.2, 0.25) is 0 Å². The number of nitrogens with one attached hydrogen (secondary N) is 1. The molecule has 0 radical (unpaired) electrons. The molecule has 1 saturated heterocycles. The first kappa shape index (κ1) is 10.7. The quantitative estimate of drug-likeness (QED) is 0.575. The van der Waals surface area contributed by atoms with E-state index in [1.165, 1.54) is 0 Å². The number of hydrogen-bond donors (Lipinski definition) is 2. The highest BCUT2D eigenvalue weighted by atomic mass is 14.8. The molecule has 0 aromatic carbocycles. The van der Waals surface area contributed by atoms with E-state index in [0.29, 0.717) is 11.5 Å². The van der Waals surface area contributed by atoms with Crippen LogP contribution in [0.25, 0.3) is 0 Å². The summed E-state index contributed by atoms with van der Waals surface area (Å²) in [5, 5.41) is 16.8. The molecule has 1 aliphatic heterocycles. The summed E-state index contributed by atoms with van der Waals surface area (Å²) in [6, 6.07) is 1.86. The van der Waals surface area contributed by atoms with Crippen molar-refractivity contribution >= 4 is 18.2 Å². The number of aryl methyl sites for hydroxylation is 1. The van der Waals surface area contributed by atoms with E-state index < -0.39 is 0 Å². The second kappa shape index (κ2) is 3.97. The number of rotatable bonds is 2. The SMILES string of the molecule is Cc1ccnc(N)c1C(=N)C1CB(C#N)C1. The summed E-state index contributed by atoms with van der Waals surface area (Å²) in [5.74, 6) is 2.82. The third-order valence-corrected chi connectivity index (χ3v) is 3.19. The van der Waals surface area contributed by atoms with Gasteiger partial charge in [-0.25, -0.2) is 10.2 Å². The lowest BCUT2D eigenvalue weighted by Crippen LogP contribution is -2.36. The minimum atomic E-state index is 0.114. The molecule has 2 rings (SSSR count). The Balaban J connectivity index is 2.20. The number of nitrogens with two attached hydrogens (primary N) is 1. The summed E-state index contributed by atoms with van der Waals surface area (Å²) in [4.78, 5) is 4.01. The molecule has 0 spiro atoms. The molecule has 5 heteroatoms. The molecule has 16 heavy (non-hydrogen) atoms. The molecule has 1 fully saturated rings. The van der Waals surface area contributed by atoms with E-state index in [2.05, 4.69) is 11.0 Å². The van der Waals surface area contributed by atoms with Crippen LogP contribution in [-0.2, 0) is 0 Å². The van der Waals surface area contributed by atoms with E-state index >= 15 is 0 Å². The third kappa shape index (κ3) is 1.67. The largest absolute Gasteiger partial charge is 0.383 e. The Bertz CT molecular complexity index is 451. The Labute approximate surface area is 95.1 Å². The van der Waals surface area contributed by atoms with Gasteiger partial charge in [0, 0.05) is 23.4 Å². The number of nitrogens with zero attached hydrogens (tertiary/aromatic N) is 2. The smallest absolute Gasteiger partial charge is 0.269 e. The summed E-state index contributed by atoms with van der Waals surface area (Å²) < 4.78 is 0. The molecule has 1 aliphatic rings. The van der Waals surface area contributed by atoms with Crippen molar-refractivity contribution in [2.24, 2.45) is 5.92 Å². The van der Waals surface area contributed by atoms with Crippen molar-refractivity contribution in [1.29, 1.82) is 10.7 Å². The Hall–Kier alpha value is -1.83. The van der Waals surface area contributed by atoms with E-state index in [-0.39, 0.29) is 12.6 Å². The summed E-state index contributed by atoms with van der Waals surface area (Å²) in [5.41, 5.74) is 8.06. The molecule has 1 aromatic rings. The number of aromatic nitrogens is 1. The van der Waals surface area contributed by atoms with Crippen molar-refractivity contribution in [3.05, 3.63) is 23.4 Å². The predicted octanol–water partition coefficient (Wildman–Crippen LogP) is 1.53. The van der Waals surface area contributed by atoms with Crippen LogP contribution < -0.4 is 5.73 Å². The van der Waals surface area contributed by atoms with Gasteiger partial charge in [-0.2, -0.15) is 0 Å². The fourth-order valence-electron chi connectivity index (χ4n) is 2.09. The Kier molecular flexibility index (Phi) is 2.65. The minimum absolute atomic E-state index is 0.114. The molecular weight excluding hydrogens is 199 g/mol. The summed E-state index contributed by atoms with van der Waals surface area (Å²) in [6.45, 7) is 2.05. The maximum atomic E-state index is 8.71. The average molecular weight is 212 g/mol. The molecule has 80 valence electrons. The summed E-state index contributed by atoms with van der Waals surface area (Å²) in [7, 11) is 0. The summed E-state index contributed by atoms with van der Waals surface area (Å²) >= 11 is 0. The lowest BCUT2D eigenvalue weighted by atomic mass is 9.32. The Morgan fingerprint density at radius 3 is 2.94 bits per heavy atom. The van der Waals surface area contributed by atoms with Gasteiger partial charge in [-0.3, -0.25) is 0 Å². The highest BCUT2D eigenvalue weighted by molar-refractivity contribution is 6.70. The van der Waals surface area contributed by atoms with Crippen LogP contribution in [0.3, 0.4) is 0 Å². The van der Waals surface area contributed by atoms with Gasteiger partial charge in [-0.05, 0) is 24.5 Å². The van der Waals surface area contributed by atoms with Crippen molar-refractivity contribution < 1.29 is 0 Å². The highest BCUT2D eigenvalue weighted by Gasteiger charge is 2.37. The fourth-order valence-corrected chi connectivity index (χ4v) is 2.09. The molecule has 0 bridgehead atoms. The highest BCUT2D eigenvalue weighted by Crippen LogP contribution is 2.33. The average Bonchev–Trinajstić information content (AvgIpc) is 2.15. The van der Waals surface area contributed by atoms with E-state index in [1.54, 1.807) is 6.20 Å². The number of nitriles is 1. The second-order valence-corrected chi connectivity index (χ2v) is 4.30. The van der Waals surface area contributed by atoms with Crippen LogP contribution in [0.1, 0.15) is 11.1 Å². The molecule has 4 nitrogen and oxygen atoms in total. The zero-order valence-electron chi connectivity index (χ0n) is 9.20. The van der Waals surface area contributed by atoms with Gasteiger partial charge in [-0.1, -0.05) is 12.6 Å². The van der Waals surface area contributed by atoms with Crippen molar-refractivity contribution in [2.75, 3.05) is 5.73 Å². The first-order chi connectivity index (χ1) is 7.63. The van der Waals surface area contributed by atoms with Gasteiger partial charge < -0.3 is 11.1 Å². The van der Waals surface area contributed by atoms with Gasteiger partial charge in [0.1, 0.15) is 5.82 Å². The minimum Gasteiger partial charge on any atom is -0.383 e. The molecule has 0 amide bonds. The lowest BCUT2D eigenvalue weighted by Gasteiger charge is -2.29. The molecule has 3 N–H and O–H groups in total. The van der Waals surface area contributed by atoms with Crippen LogP contribution >= 0.6 is 0 Å². The first-order valence-electron chi connectivity index (χ1n) is 5.33. The number of hydrogen-bond acceptors (Lipinski definition) is 4. The van der Waals surface area contributed by atoms with E-state index in [0.717, 1.165) is 23.8 Å². The Morgan fingerprint density at radius 2 is 2.38 bits per heavy atom. The number of pyridine rings is 1. The first-order valence-corrected chi connectivity index (χ1v) is 5.33. The molecule has 1 aromatic heterocycles. The van der Waals surface area contributed by atoms with Crippen LogP contribution in [0.2, 0.25) is 12.6 Å². The molecular formula is C11H13BN4. The molecule has 0 atom stereocenters. The zero-order chi connectivity index (χ0) is 11.7. The van der Waals surface area contributed by atoms with Crippen LogP contribution in [0.5, 0.6) is 0 Å². The Morgan fingerprint density at radius 1 is 1.69 bits per heavy atom. The monoisotopic (exact) mass is 212 g/mol. The second-order valence-electron chi connectivity index (χ2n) is 4.30. The molecule has 0 unspecified atom stereocenters. The van der Waals surface area contributed by atoms with Crippen molar-refractivity contribution in [2.45, 2.75) is 19.6 Å². The number of nitrogen functional groups attached to an aromatic ring is 1. The van der Waals surface area contributed by atoms with Gasteiger partial charge in [0.15, 0.2) is 0 Å². The maximum Gasteiger partial charge on any atom is 0.269 e. The van der Waals surface area contributed by atoms with Crippen molar-refractivity contribution in [3.63, 3.8) is 0 Å². The van der Waals surface area contributed by atoms with Crippen LogP contribution in [-0.4, -0.2) is 17.4 Å². The van der Waals surface area contributed by atoms with Gasteiger partial charge in [0.25, 0.3) is 6.71 Å². The van der Waals surface area contributed by atoms with Gasteiger partial charge in [-0.15, -0.1) is 0 Å². The molecule has 0 saturated carbocycles. The normalized spacial score (nSPS) is 15.4. The van der Waals surface area contributed by atoms with Gasteiger partial charge in [0.05, 0.1) is 0 Å². The third-order valence-electron chi connectivity index (χ3n) is 3.19. The lowest BCUT2D eigenvalue weighted by molar-refractivity contribution is 0.777. The molecule has 2 heterocycles. The van der Waals surface area contributed by atoms with E-state index in [4.69, 9.17) is 16.4 Å². The van der Waals surface area contributed by atoms with Crippen LogP contribution in [0, 0.1) is 29.5 Å². The van der Waals surface area contributed by atoms with Crippen molar-refractivity contribution in [3.8, 4) is 5.97 Å². The predicted molar refractivity (Wildman–Crippen MR) is 64.7 cm³/mol. The molecule has 0 aliphatic carbocycles. The van der Waals surface area contributed by atoms with Crippen LogP contribution in [0.4, 0.5) is 5.82 Å². The van der Waals surface area contributed by atoms with E-state index in [1.807, 2.05) is 13.0 Å². The van der Waals surface area contributed by atoms with Crippen LogP contribution in [0.15, 0.2) is 12.3 Å². The van der Waals surface area contributed by atoms with Crippen molar-refractivity contribution in [1.82, 2.24) is 4.98 Å². The van der Waals surface area contributed by atoms with E-state index in [9.17, 15) is 0 Å². The number of anilines is 1. The standard InChI is InChI=1S/C11H13BN4/c1-7-2-3-16-11(15)9(7)10(14)8-4-12(5-8)6-13/h2-3,8,14H,4-5H2,1H3,(H2,15,16). The fraction of sp³-hybridized carbons (Fsp3) is 0.364. The summed E-state index contributed by atoms with van der Waals surface area (Å²) in [6.07, 6.45) is 3.21. The maximum absolute atomic E-state index is 8.71. The topological polar surface area (TPSA) is 86.5 Å². The van der Waals surface area contributed by atoms with Gasteiger partial charge >= 0.3 is 0 Å². The zero-order valence-corrected chi connectivity index (χ0v) is 9.20.